The van der Waals surface area contributed by atoms with E-state index in [0.717, 1.165) is 18.9 Å². The van der Waals surface area contributed by atoms with Gasteiger partial charge in [-0.05, 0) is 25.8 Å². The second-order valence-electron chi connectivity index (χ2n) is 3.35. The van der Waals surface area contributed by atoms with Gasteiger partial charge in [0, 0.05) is 6.04 Å². The maximum absolute atomic E-state index is 3.71. The molecule has 0 heterocycles. The maximum atomic E-state index is 3.71. The normalized spacial score (nSPS) is 15.9. The fourth-order valence-corrected chi connectivity index (χ4v) is 0.880. The highest BCUT2D eigenvalue weighted by Crippen LogP contribution is 1.99. The van der Waals surface area contributed by atoms with Crippen LogP contribution in [0, 0.1) is 5.92 Å². The van der Waals surface area contributed by atoms with Gasteiger partial charge in [-0.25, -0.2) is 0 Å². The smallest absolute Gasteiger partial charge is 0.00732 e. The summed E-state index contributed by atoms with van der Waals surface area (Å²) < 4.78 is 0. The Bertz CT molecular complexity index is 99.0. The molecule has 66 valence electrons. The second-order valence-corrected chi connectivity index (χ2v) is 3.35. The van der Waals surface area contributed by atoms with E-state index >= 15 is 0 Å². The fraction of sp³-hybridized carbons (Fsp3) is 0.800. The van der Waals surface area contributed by atoms with E-state index in [2.05, 4.69) is 32.7 Å². The molecule has 0 spiro atoms. The quantitative estimate of drug-likeness (QED) is 0.581. The van der Waals surface area contributed by atoms with Crippen LogP contribution in [0.25, 0.3) is 0 Å². The zero-order valence-electron chi connectivity index (χ0n) is 8.06. The lowest BCUT2D eigenvalue weighted by Crippen LogP contribution is -2.29. The van der Waals surface area contributed by atoms with E-state index in [9.17, 15) is 0 Å². The van der Waals surface area contributed by atoms with Gasteiger partial charge in [0.1, 0.15) is 0 Å². The lowest BCUT2D eigenvalue weighted by Gasteiger charge is -2.14. The fourth-order valence-electron chi connectivity index (χ4n) is 0.880. The Kier molecular flexibility index (Phi) is 6.24. The third-order valence-corrected chi connectivity index (χ3v) is 2.03. The molecule has 1 nitrogen and oxygen atoms in total. The molecule has 0 aliphatic carbocycles. The summed E-state index contributed by atoms with van der Waals surface area (Å²) in [5.74, 6) is 0.794. The molecule has 2 unspecified atom stereocenters. The van der Waals surface area contributed by atoms with E-state index in [1.807, 2.05) is 6.08 Å². The van der Waals surface area contributed by atoms with Gasteiger partial charge in [-0.2, -0.15) is 0 Å². The molecule has 0 amide bonds. The van der Waals surface area contributed by atoms with Gasteiger partial charge in [0.25, 0.3) is 0 Å². The first-order valence-corrected chi connectivity index (χ1v) is 4.55. The summed E-state index contributed by atoms with van der Waals surface area (Å²) in [6, 6.07) is 0.585. The molecule has 1 heteroatoms. The molecule has 1 N–H and O–H groups in total. The first-order chi connectivity index (χ1) is 5.20. The molecule has 0 aromatic rings. The summed E-state index contributed by atoms with van der Waals surface area (Å²) in [4.78, 5) is 0. The summed E-state index contributed by atoms with van der Waals surface area (Å²) in [6.45, 7) is 11.5. The molecule has 11 heavy (non-hydrogen) atoms. The molecule has 0 aromatic carbocycles. The van der Waals surface area contributed by atoms with E-state index in [-0.39, 0.29) is 0 Å². The van der Waals surface area contributed by atoms with Crippen molar-refractivity contribution >= 4 is 0 Å². The molecular weight excluding hydrogens is 134 g/mol. The van der Waals surface area contributed by atoms with Crippen LogP contribution in [0.1, 0.15) is 33.6 Å². The Morgan fingerprint density at radius 2 is 2.09 bits per heavy atom. The van der Waals surface area contributed by atoms with Gasteiger partial charge < -0.3 is 5.32 Å². The molecule has 0 aromatic heterocycles. The molecule has 0 rings (SSSR count). The number of rotatable bonds is 6. The number of hydrogen-bond acceptors (Lipinski definition) is 1. The lowest BCUT2D eigenvalue weighted by molar-refractivity contribution is 0.454. The highest BCUT2D eigenvalue weighted by atomic mass is 14.9. The first-order valence-electron chi connectivity index (χ1n) is 4.55. The van der Waals surface area contributed by atoms with Crippen molar-refractivity contribution in [3.63, 3.8) is 0 Å². The predicted octanol–water partition coefficient (Wildman–Crippen LogP) is 2.59. The number of hydrogen-bond donors (Lipinski definition) is 1. The van der Waals surface area contributed by atoms with Gasteiger partial charge in [-0.3, -0.25) is 0 Å². The summed E-state index contributed by atoms with van der Waals surface area (Å²) in [6.07, 6.45) is 4.29. The molecule has 0 saturated carbocycles. The van der Waals surface area contributed by atoms with Crippen LogP contribution < -0.4 is 5.32 Å². The van der Waals surface area contributed by atoms with Crippen LogP contribution in [0.5, 0.6) is 0 Å². The van der Waals surface area contributed by atoms with Crippen molar-refractivity contribution < 1.29 is 0 Å². The monoisotopic (exact) mass is 155 g/mol. The van der Waals surface area contributed by atoms with Gasteiger partial charge in [0.2, 0.25) is 0 Å². The Hall–Kier alpha value is -0.300. The van der Waals surface area contributed by atoms with Crippen LogP contribution in [0.15, 0.2) is 12.7 Å². The van der Waals surface area contributed by atoms with Crippen LogP contribution in [-0.2, 0) is 0 Å². The van der Waals surface area contributed by atoms with Gasteiger partial charge in [0.15, 0.2) is 0 Å². The van der Waals surface area contributed by atoms with Crippen molar-refractivity contribution in [2.75, 3.05) is 6.54 Å². The minimum absolute atomic E-state index is 0.585. The molecule has 2 atom stereocenters. The molecule has 0 radical (unpaired) electrons. The zero-order valence-corrected chi connectivity index (χ0v) is 8.06. The van der Waals surface area contributed by atoms with Gasteiger partial charge in [-0.1, -0.05) is 26.3 Å². The van der Waals surface area contributed by atoms with Crippen molar-refractivity contribution in [3.8, 4) is 0 Å². The Labute approximate surface area is 70.9 Å². The van der Waals surface area contributed by atoms with Crippen LogP contribution in [-0.4, -0.2) is 12.6 Å². The minimum Gasteiger partial charge on any atom is -0.314 e. The van der Waals surface area contributed by atoms with E-state index in [0.29, 0.717) is 6.04 Å². The maximum Gasteiger partial charge on any atom is 0.00732 e. The Morgan fingerprint density at radius 1 is 1.45 bits per heavy atom. The van der Waals surface area contributed by atoms with Crippen LogP contribution in [0.2, 0.25) is 0 Å². The van der Waals surface area contributed by atoms with E-state index in [4.69, 9.17) is 0 Å². The molecular formula is C10H21N. The lowest BCUT2D eigenvalue weighted by atomic mass is 10.1. The molecule has 0 fully saturated rings. The van der Waals surface area contributed by atoms with E-state index < -0.39 is 0 Å². The predicted molar refractivity (Wildman–Crippen MR) is 51.7 cm³/mol. The third kappa shape index (κ3) is 6.11. The standard InChI is InChI=1S/C10H21N/c1-5-7-10(4)11-8-9(3)6-2/h5,9-11H,1,6-8H2,2-4H3. The van der Waals surface area contributed by atoms with Gasteiger partial charge in [-0.15, -0.1) is 6.58 Å². The summed E-state index contributed by atoms with van der Waals surface area (Å²) in [5, 5.41) is 3.46. The topological polar surface area (TPSA) is 12.0 Å². The average Bonchev–Trinajstić information content (AvgIpc) is 2.01. The number of nitrogens with one attached hydrogen (secondary N) is 1. The average molecular weight is 155 g/mol. The first kappa shape index (κ1) is 10.7. The van der Waals surface area contributed by atoms with Crippen molar-refractivity contribution in [2.45, 2.75) is 39.7 Å². The highest BCUT2D eigenvalue weighted by molar-refractivity contribution is 4.74. The van der Waals surface area contributed by atoms with E-state index in [1.54, 1.807) is 0 Å². The van der Waals surface area contributed by atoms with Crippen LogP contribution >= 0.6 is 0 Å². The molecule has 0 aliphatic heterocycles. The molecule has 0 saturated heterocycles. The summed E-state index contributed by atoms with van der Waals surface area (Å²) >= 11 is 0. The highest BCUT2D eigenvalue weighted by Gasteiger charge is 2.01. The van der Waals surface area contributed by atoms with Crippen LogP contribution in [0.4, 0.5) is 0 Å². The van der Waals surface area contributed by atoms with Crippen molar-refractivity contribution in [2.24, 2.45) is 5.92 Å². The molecule has 0 aliphatic rings. The molecule has 0 bridgehead atoms. The third-order valence-electron chi connectivity index (χ3n) is 2.03. The second kappa shape index (κ2) is 6.41. The largest absolute Gasteiger partial charge is 0.314 e. The SMILES string of the molecule is C=CCC(C)NCC(C)CC. The Balaban J connectivity index is 3.29. The van der Waals surface area contributed by atoms with Crippen molar-refractivity contribution in [3.05, 3.63) is 12.7 Å². The summed E-state index contributed by atoms with van der Waals surface area (Å²) in [5.41, 5.74) is 0. The summed E-state index contributed by atoms with van der Waals surface area (Å²) in [7, 11) is 0. The van der Waals surface area contributed by atoms with Crippen LogP contribution in [0.3, 0.4) is 0 Å². The van der Waals surface area contributed by atoms with Gasteiger partial charge in [0.05, 0.1) is 0 Å². The zero-order chi connectivity index (χ0) is 8.69. The Morgan fingerprint density at radius 3 is 2.55 bits per heavy atom. The van der Waals surface area contributed by atoms with Crippen molar-refractivity contribution in [1.82, 2.24) is 5.32 Å². The minimum atomic E-state index is 0.585. The van der Waals surface area contributed by atoms with Crippen molar-refractivity contribution in [1.29, 1.82) is 0 Å². The van der Waals surface area contributed by atoms with E-state index in [1.165, 1.54) is 6.42 Å². The van der Waals surface area contributed by atoms with Gasteiger partial charge >= 0.3 is 0 Å².